The number of hydrogen-bond acceptors (Lipinski definition) is 3. The van der Waals surface area contributed by atoms with Gasteiger partial charge in [0.2, 0.25) is 5.91 Å². The van der Waals surface area contributed by atoms with E-state index in [1.165, 1.54) is 5.56 Å². The van der Waals surface area contributed by atoms with Crippen LogP contribution in [0.1, 0.15) is 63.5 Å². The molecule has 1 atom stereocenters. The number of ether oxygens (including phenoxy) is 1. The van der Waals surface area contributed by atoms with Crippen LogP contribution >= 0.6 is 0 Å². The largest absolute Gasteiger partial charge is 0.484 e. The summed E-state index contributed by atoms with van der Waals surface area (Å²) in [7, 11) is 0. The Morgan fingerprint density at radius 2 is 1.65 bits per heavy atom. The Bertz CT molecular complexity index is 843. The highest BCUT2D eigenvalue weighted by Gasteiger charge is 2.28. The number of carbonyl (C=O) groups excluding carboxylic acids is 2. The van der Waals surface area contributed by atoms with E-state index in [0.29, 0.717) is 18.2 Å². The molecule has 0 saturated heterocycles. The van der Waals surface area contributed by atoms with Crippen molar-refractivity contribution in [2.75, 3.05) is 6.61 Å². The summed E-state index contributed by atoms with van der Waals surface area (Å²) in [5, 5.41) is 3.12. The molecule has 0 aromatic heterocycles. The first-order valence-electron chi connectivity index (χ1n) is 11.3. The number of nitrogens with zero attached hydrogens (tertiary/aromatic N) is 1. The minimum absolute atomic E-state index is 0.0996. The third-order valence-corrected chi connectivity index (χ3v) is 5.97. The molecule has 0 unspecified atom stereocenters. The van der Waals surface area contributed by atoms with E-state index in [1.54, 1.807) is 11.8 Å². The van der Waals surface area contributed by atoms with E-state index in [1.807, 2.05) is 54.6 Å². The molecule has 0 bridgehead atoms. The number of rotatable bonds is 9. The molecular weight excluding hydrogens is 388 g/mol. The Morgan fingerprint density at radius 3 is 2.26 bits per heavy atom. The topological polar surface area (TPSA) is 58.6 Å². The van der Waals surface area contributed by atoms with Gasteiger partial charge in [-0.2, -0.15) is 0 Å². The molecule has 0 radical (unpaired) electrons. The second-order valence-corrected chi connectivity index (χ2v) is 8.69. The van der Waals surface area contributed by atoms with Gasteiger partial charge >= 0.3 is 0 Å². The van der Waals surface area contributed by atoms with Crippen LogP contribution in [0.2, 0.25) is 0 Å². The molecule has 0 spiro atoms. The van der Waals surface area contributed by atoms with Crippen molar-refractivity contribution in [1.82, 2.24) is 10.2 Å². The Morgan fingerprint density at radius 1 is 1.00 bits per heavy atom. The Balaban J connectivity index is 1.66. The normalized spacial score (nSPS) is 15.0. The predicted molar refractivity (Wildman–Crippen MR) is 123 cm³/mol. The molecule has 2 aromatic rings. The van der Waals surface area contributed by atoms with E-state index in [0.717, 1.165) is 31.2 Å². The van der Waals surface area contributed by atoms with Gasteiger partial charge in [-0.3, -0.25) is 9.59 Å². The van der Waals surface area contributed by atoms with E-state index in [9.17, 15) is 9.59 Å². The lowest BCUT2D eigenvalue weighted by molar-refractivity contribution is -0.142. The summed E-state index contributed by atoms with van der Waals surface area (Å²) >= 11 is 0. The summed E-state index contributed by atoms with van der Waals surface area (Å²) in [6.07, 6.45) is 4.33. The first-order valence-corrected chi connectivity index (χ1v) is 11.3. The SMILES string of the molecule is CC(C)c1ccc(OCC(=O)N(Cc2ccccc2)[C@@H](C)C(=O)NC2CCCC2)cc1. The van der Waals surface area contributed by atoms with Crippen LogP contribution in [-0.4, -0.2) is 35.4 Å². The number of hydrogen-bond donors (Lipinski definition) is 1. The van der Waals surface area contributed by atoms with Crippen LogP contribution in [0.15, 0.2) is 54.6 Å². The Hall–Kier alpha value is -2.82. The monoisotopic (exact) mass is 422 g/mol. The number of amides is 2. The predicted octanol–water partition coefficient (Wildman–Crippen LogP) is 4.66. The lowest BCUT2D eigenvalue weighted by Gasteiger charge is -2.29. The van der Waals surface area contributed by atoms with Crippen LogP contribution in [-0.2, 0) is 16.1 Å². The highest BCUT2D eigenvalue weighted by atomic mass is 16.5. The smallest absolute Gasteiger partial charge is 0.261 e. The van der Waals surface area contributed by atoms with Gasteiger partial charge in [-0.05, 0) is 48.9 Å². The quantitative estimate of drug-likeness (QED) is 0.639. The molecule has 0 heterocycles. The summed E-state index contributed by atoms with van der Waals surface area (Å²) in [5.41, 5.74) is 2.21. The summed E-state index contributed by atoms with van der Waals surface area (Å²) in [5.74, 6) is 0.792. The van der Waals surface area contributed by atoms with E-state index in [4.69, 9.17) is 4.74 Å². The zero-order valence-corrected chi connectivity index (χ0v) is 18.8. The molecule has 1 aliphatic carbocycles. The Kier molecular flexibility index (Phi) is 8.10. The molecule has 1 saturated carbocycles. The van der Waals surface area contributed by atoms with Crippen molar-refractivity contribution in [1.29, 1.82) is 0 Å². The van der Waals surface area contributed by atoms with Crippen LogP contribution in [0, 0.1) is 0 Å². The van der Waals surface area contributed by atoms with Gasteiger partial charge < -0.3 is 15.0 Å². The highest BCUT2D eigenvalue weighted by Crippen LogP contribution is 2.20. The maximum absolute atomic E-state index is 13.1. The summed E-state index contributed by atoms with van der Waals surface area (Å²) < 4.78 is 5.76. The van der Waals surface area contributed by atoms with Gasteiger partial charge in [0.15, 0.2) is 6.61 Å². The lowest BCUT2D eigenvalue weighted by Crippen LogP contribution is -2.50. The van der Waals surface area contributed by atoms with Crippen molar-refractivity contribution in [3.05, 3.63) is 65.7 Å². The first-order chi connectivity index (χ1) is 14.9. The van der Waals surface area contributed by atoms with Crippen molar-refractivity contribution in [3.8, 4) is 5.75 Å². The van der Waals surface area contributed by atoms with E-state index in [-0.39, 0.29) is 24.5 Å². The summed E-state index contributed by atoms with van der Waals surface area (Å²) in [6, 6.07) is 17.2. The van der Waals surface area contributed by atoms with Gasteiger partial charge in [-0.25, -0.2) is 0 Å². The number of nitrogens with one attached hydrogen (secondary N) is 1. The first kappa shape index (κ1) is 22.9. The fourth-order valence-corrected chi connectivity index (χ4v) is 3.93. The molecule has 2 amide bonds. The van der Waals surface area contributed by atoms with E-state index in [2.05, 4.69) is 19.2 Å². The molecule has 0 aliphatic heterocycles. The molecule has 5 heteroatoms. The van der Waals surface area contributed by atoms with Crippen molar-refractivity contribution in [3.63, 3.8) is 0 Å². The van der Waals surface area contributed by atoms with Crippen molar-refractivity contribution in [2.45, 2.75) is 71.0 Å². The van der Waals surface area contributed by atoms with Gasteiger partial charge in [-0.1, -0.05) is 69.2 Å². The highest BCUT2D eigenvalue weighted by molar-refractivity contribution is 5.88. The van der Waals surface area contributed by atoms with Crippen LogP contribution < -0.4 is 10.1 Å². The zero-order valence-electron chi connectivity index (χ0n) is 18.8. The molecule has 166 valence electrons. The van der Waals surface area contributed by atoms with Crippen molar-refractivity contribution in [2.24, 2.45) is 0 Å². The van der Waals surface area contributed by atoms with Crippen LogP contribution in [0.25, 0.3) is 0 Å². The zero-order chi connectivity index (χ0) is 22.2. The molecule has 1 aliphatic rings. The van der Waals surface area contributed by atoms with Crippen LogP contribution in [0.5, 0.6) is 5.75 Å². The lowest BCUT2D eigenvalue weighted by atomic mass is 10.0. The minimum atomic E-state index is -0.569. The van der Waals surface area contributed by atoms with Crippen molar-refractivity contribution >= 4 is 11.8 Å². The fourth-order valence-electron chi connectivity index (χ4n) is 3.93. The number of carbonyl (C=O) groups is 2. The summed E-state index contributed by atoms with van der Waals surface area (Å²) in [6.45, 7) is 6.34. The maximum atomic E-state index is 13.1. The van der Waals surface area contributed by atoms with Gasteiger partial charge in [0.1, 0.15) is 11.8 Å². The molecule has 2 aromatic carbocycles. The molecule has 31 heavy (non-hydrogen) atoms. The second kappa shape index (κ2) is 11.0. The van der Waals surface area contributed by atoms with Gasteiger partial charge in [0, 0.05) is 12.6 Å². The van der Waals surface area contributed by atoms with Gasteiger partial charge in [-0.15, -0.1) is 0 Å². The van der Waals surface area contributed by atoms with Crippen LogP contribution in [0.4, 0.5) is 0 Å². The third-order valence-electron chi connectivity index (χ3n) is 5.97. The third kappa shape index (κ3) is 6.58. The standard InChI is InChI=1S/C26H34N2O3/c1-19(2)22-13-15-24(16-14-22)31-18-25(29)28(17-21-9-5-4-6-10-21)20(3)26(30)27-23-11-7-8-12-23/h4-6,9-10,13-16,19-20,23H,7-8,11-12,17-18H2,1-3H3,(H,27,30)/t20-/m0/s1. The average molecular weight is 423 g/mol. The number of benzene rings is 2. The van der Waals surface area contributed by atoms with Gasteiger partial charge in [0.05, 0.1) is 0 Å². The molecule has 5 nitrogen and oxygen atoms in total. The second-order valence-electron chi connectivity index (χ2n) is 8.69. The van der Waals surface area contributed by atoms with Crippen molar-refractivity contribution < 1.29 is 14.3 Å². The maximum Gasteiger partial charge on any atom is 0.261 e. The molecule has 1 fully saturated rings. The van der Waals surface area contributed by atoms with Gasteiger partial charge in [0.25, 0.3) is 5.91 Å². The Labute approximate surface area is 185 Å². The molecular formula is C26H34N2O3. The molecule has 1 N–H and O–H groups in total. The van der Waals surface area contributed by atoms with Crippen LogP contribution in [0.3, 0.4) is 0 Å². The summed E-state index contributed by atoms with van der Waals surface area (Å²) in [4.78, 5) is 27.6. The average Bonchev–Trinajstić information content (AvgIpc) is 3.29. The minimum Gasteiger partial charge on any atom is -0.484 e. The fraction of sp³-hybridized carbons (Fsp3) is 0.462. The molecule has 3 rings (SSSR count). The van der Waals surface area contributed by atoms with E-state index < -0.39 is 6.04 Å². The van der Waals surface area contributed by atoms with E-state index >= 15 is 0 Å².